The third kappa shape index (κ3) is 3.94. The summed E-state index contributed by atoms with van der Waals surface area (Å²) in [4.78, 5) is 13.4. The van der Waals surface area contributed by atoms with Gasteiger partial charge in [-0.15, -0.1) is 10.2 Å². The highest BCUT2D eigenvalue weighted by Crippen LogP contribution is 2.26. The van der Waals surface area contributed by atoms with Crippen LogP contribution in [0.4, 0.5) is 0 Å². The first-order valence-corrected chi connectivity index (χ1v) is 10.5. The van der Waals surface area contributed by atoms with Crippen LogP contribution < -0.4 is 10.1 Å². The molecule has 0 aliphatic heterocycles. The number of carbonyl (C=O) groups is 1. The van der Waals surface area contributed by atoms with Crippen molar-refractivity contribution < 1.29 is 9.53 Å². The van der Waals surface area contributed by atoms with Gasteiger partial charge in [-0.3, -0.25) is 9.20 Å². The zero-order chi connectivity index (χ0) is 22.8. The van der Waals surface area contributed by atoms with Crippen LogP contribution in [0.25, 0.3) is 22.6 Å². The van der Waals surface area contributed by atoms with Crippen LogP contribution in [0.3, 0.4) is 0 Å². The highest BCUT2D eigenvalue weighted by molar-refractivity contribution is 6.00. The maximum atomic E-state index is 13.4. The number of rotatable bonds is 6. The number of aromatic nitrogens is 5. The van der Waals surface area contributed by atoms with E-state index >= 15 is 0 Å². The van der Waals surface area contributed by atoms with E-state index in [4.69, 9.17) is 9.84 Å². The Hall–Kier alpha value is -4.46. The first-order valence-electron chi connectivity index (χ1n) is 10.5. The minimum Gasteiger partial charge on any atom is -0.497 e. The second-order valence-corrected chi connectivity index (χ2v) is 7.58. The number of fused-ring (bicyclic) bond motifs is 1. The lowest BCUT2D eigenvalue weighted by Crippen LogP contribution is -2.28. The fraction of sp³-hybridized carbons (Fsp3) is 0.120. The van der Waals surface area contributed by atoms with E-state index in [-0.39, 0.29) is 11.9 Å². The second kappa shape index (κ2) is 8.58. The topological polar surface area (TPSA) is 86.3 Å². The van der Waals surface area contributed by atoms with Crippen LogP contribution in [0, 0.1) is 0 Å². The highest BCUT2D eigenvalue weighted by Gasteiger charge is 2.22. The number of para-hydroxylation sites is 1. The summed E-state index contributed by atoms with van der Waals surface area (Å²) in [6, 6.07) is 22.5. The largest absolute Gasteiger partial charge is 0.497 e. The van der Waals surface area contributed by atoms with E-state index in [1.165, 1.54) is 0 Å². The highest BCUT2D eigenvalue weighted by atomic mass is 16.5. The summed E-state index contributed by atoms with van der Waals surface area (Å²) in [5.41, 5.74) is 3.45. The first-order chi connectivity index (χ1) is 16.1. The summed E-state index contributed by atoms with van der Waals surface area (Å²) < 4.78 is 8.84. The molecule has 1 unspecified atom stereocenters. The van der Waals surface area contributed by atoms with Crippen LogP contribution in [0.5, 0.6) is 5.75 Å². The molecule has 8 nitrogen and oxygen atoms in total. The minimum absolute atomic E-state index is 0.247. The average molecular weight is 438 g/mol. The molecule has 1 amide bonds. The van der Waals surface area contributed by atoms with Gasteiger partial charge in [-0.2, -0.15) is 5.10 Å². The second-order valence-electron chi connectivity index (χ2n) is 7.58. The molecule has 3 heterocycles. The molecule has 33 heavy (non-hydrogen) atoms. The number of hydrogen-bond acceptors (Lipinski definition) is 5. The van der Waals surface area contributed by atoms with Gasteiger partial charge in [-0.05, 0) is 55.5 Å². The number of pyridine rings is 1. The van der Waals surface area contributed by atoms with E-state index in [2.05, 4.69) is 15.5 Å². The fourth-order valence-corrected chi connectivity index (χ4v) is 3.71. The van der Waals surface area contributed by atoms with Gasteiger partial charge in [0.05, 0.1) is 24.4 Å². The number of ether oxygens (including phenoxy) is 1. The number of nitrogens with zero attached hydrogens (tertiary/aromatic N) is 5. The monoisotopic (exact) mass is 438 g/mol. The van der Waals surface area contributed by atoms with Crippen LogP contribution in [0.1, 0.15) is 29.1 Å². The van der Waals surface area contributed by atoms with E-state index in [1.54, 1.807) is 18.0 Å². The van der Waals surface area contributed by atoms with Crippen molar-refractivity contribution >= 4 is 11.6 Å². The number of hydrogen-bond donors (Lipinski definition) is 1. The Kier molecular flexibility index (Phi) is 5.32. The molecule has 0 saturated heterocycles. The van der Waals surface area contributed by atoms with Gasteiger partial charge >= 0.3 is 0 Å². The third-order valence-corrected chi connectivity index (χ3v) is 5.42. The molecule has 2 aromatic carbocycles. The Morgan fingerprint density at radius 3 is 2.48 bits per heavy atom. The van der Waals surface area contributed by atoms with E-state index in [0.29, 0.717) is 17.1 Å². The quantitative estimate of drug-likeness (QED) is 0.432. The van der Waals surface area contributed by atoms with Crippen molar-refractivity contribution in [2.45, 2.75) is 13.0 Å². The van der Waals surface area contributed by atoms with Crippen LogP contribution in [0.2, 0.25) is 0 Å². The predicted molar refractivity (Wildman–Crippen MR) is 124 cm³/mol. The van der Waals surface area contributed by atoms with Crippen molar-refractivity contribution in [2.75, 3.05) is 7.11 Å². The van der Waals surface area contributed by atoms with Crippen molar-refractivity contribution in [1.82, 2.24) is 29.7 Å². The van der Waals surface area contributed by atoms with Crippen LogP contribution in [-0.4, -0.2) is 37.4 Å². The lowest BCUT2D eigenvalue weighted by atomic mass is 10.1. The maximum Gasteiger partial charge on any atom is 0.255 e. The molecule has 0 aliphatic carbocycles. The van der Waals surface area contributed by atoms with E-state index in [9.17, 15) is 4.79 Å². The van der Waals surface area contributed by atoms with Gasteiger partial charge in [-0.1, -0.05) is 24.3 Å². The number of nitrogens with one attached hydrogen (secondary N) is 1. The molecule has 0 fully saturated rings. The summed E-state index contributed by atoms with van der Waals surface area (Å²) in [7, 11) is 1.62. The van der Waals surface area contributed by atoms with Crippen LogP contribution in [0.15, 0.2) is 85.2 Å². The SMILES string of the molecule is COc1ccc(-c2nn(-c3ccccc3)cc2C(=O)NC(C)c2nnc3ccccn23)cc1. The number of carbonyl (C=O) groups excluding carboxylic acids is 1. The van der Waals surface area contributed by atoms with Crippen molar-refractivity contribution in [3.8, 4) is 22.7 Å². The van der Waals surface area contributed by atoms with Crippen LogP contribution >= 0.6 is 0 Å². The van der Waals surface area contributed by atoms with Gasteiger partial charge in [0, 0.05) is 18.0 Å². The number of amides is 1. The summed E-state index contributed by atoms with van der Waals surface area (Å²) in [5.74, 6) is 1.14. The van der Waals surface area contributed by atoms with Gasteiger partial charge in [0.1, 0.15) is 11.4 Å². The molecule has 0 saturated carbocycles. The first kappa shape index (κ1) is 20.4. The van der Waals surface area contributed by atoms with Crippen molar-refractivity contribution in [2.24, 2.45) is 0 Å². The zero-order valence-electron chi connectivity index (χ0n) is 18.2. The summed E-state index contributed by atoms with van der Waals surface area (Å²) in [5, 5.41) is 16.2. The van der Waals surface area contributed by atoms with E-state index < -0.39 is 0 Å². The Balaban J connectivity index is 1.51. The molecule has 0 bridgehead atoms. The van der Waals surface area contributed by atoms with Crippen molar-refractivity contribution in [1.29, 1.82) is 0 Å². The van der Waals surface area contributed by atoms with Gasteiger partial charge < -0.3 is 10.1 Å². The third-order valence-electron chi connectivity index (χ3n) is 5.42. The molecule has 8 heteroatoms. The lowest BCUT2D eigenvalue weighted by Gasteiger charge is -2.12. The van der Waals surface area contributed by atoms with Crippen molar-refractivity contribution in [3.63, 3.8) is 0 Å². The molecule has 1 atom stereocenters. The molecule has 0 spiro atoms. The molecular weight excluding hydrogens is 416 g/mol. The zero-order valence-corrected chi connectivity index (χ0v) is 18.2. The lowest BCUT2D eigenvalue weighted by molar-refractivity contribution is 0.0938. The van der Waals surface area contributed by atoms with Gasteiger partial charge in [-0.25, -0.2) is 4.68 Å². The Bertz CT molecular complexity index is 1410. The number of methoxy groups -OCH3 is 1. The van der Waals surface area contributed by atoms with Crippen molar-refractivity contribution in [3.05, 3.63) is 96.6 Å². The molecule has 0 radical (unpaired) electrons. The standard InChI is InChI=1S/C25H22N6O2/c1-17(24-28-27-22-10-6-7-15-30(22)24)26-25(32)21-16-31(19-8-4-3-5-9-19)29-23(21)18-11-13-20(33-2)14-12-18/h3-17H,1-2H3,(H,26,32). The molecule has 1 N–H and O–H groups in total. The average Bonchev–Trinajstić information content (AvgIpc) is 3.50. The molecule has 5 aromatic rings. The smallest absolute Gasteiger partial charge is 0.255 e. The van der Waals surface area contributed by atoms with Gasteiger partial charge in [0.2, 0.25) is 0 Å². The van der Waals surface area contributed by atoms with E-state index in [1.807, 2.05) is 90.3 Å². The molecule has 164 valence electrons. The van der Waals surface area contributed by atoms with E-state index in [0.717, 1.165) is 22.6 Å². The predicted octanol–water partition coefficient (Wildman–Crippen LogP) is 4.08. The normalized spacial score (nSPS) is 11.9. The maximum absolute atomic E-state index is 13.4. The Morgan fingerprint density at radius 1 is 0.970 bits per heavy atom. The van der Waals surface area contributed by atoms with Gasteiger partial charge in [0.25, 0.3) is 5.91 Å². The summed E-state index contributed by atoms with van der Waals surface area (Å²) in [6.07, 6.45) is 3.63. The minimum atomic E-state index is -0.362. The summed E-state index contributed by atoms with van der Waals surface area (Å²) >= 11 is 0. The van der Waals surface area contributed by atoms with Crippen LogP contribution in [-0.2, 0) is 0 Å². The summed E-state index contributed by atoms with van der Waals surface area (Å²) in [6.45, 7) is 1.88. The molecule has 3 aromatic heterocycles. The molecular formula is C25H22N6O2. The Labute approximate surface area is 190 Å². The van der Waals surface area contributed by atoms with Gasteiger partial charge in [0.15, 0.2) is 11.5 Å². The Morgan fingerprint density at radius 2 is 1.73 bits per heavy atom. The molecule has 5 rings (SSSR count). The number of benzene rings is 2. The molecule has 0 aliphatic rings. The fourth-order valence-electron chi connectivity index (χ4n) is 3.71.